The number of nitrogens with one attached hydrogen (secondary N) is 1. The van der Waals surface area contributed by atoms with Gasteiger partial charge >= 0.3 is 0 Å². The lowest BCUT2D eigenvalue weighted by atomic mass is 10.4. The van der Waals surface area contributed by atoms with Crippen LogP contribution in [0.2, 0.25) is 0 Å². The Hall–Kier alpha value is -1.62. The van der Waals surface area contributed by atoms with Gasteiger partial charge in [0, 0.05) is 31.4 Å². The monoisotopic (exact) mass is 234 g/mol. The number of morpholine rings is 1. The number of hydrogen-bond acceptors (Lipinski definition) is 5. The topological polar surface area (TPSA) is 50.3 Å². The van der Waals surface area contributed by atoms with Crippen molar-refractivity contribution in [1.82, 2.24) is 9.97 Å². The lowest BCUT2D eigenvalue weighted by Gasteiger charge is -2.27. The predicted octanol–water partition coefficient (Wildman–Crippen LogP) is 1.22. The van der Waals surface area contributed by atoms with Gasteiger partial charge < -0.3 is 15.0 Å². The zero-order chi connectivity index (χ0) is 12.1. The summed E-state index contributed by atoms with van der Waals surface area (Å²) in [6.45, 7) is 9.55. The summed E-state index contributed by atoms with van der Waals surface area (Å²) in [4.78, 5) is 11.1. The van der Waals surface area contributed by atoms with Crippen molar-refractivity contribution in [2.24, 2.45) is 0 Å². The summed E-state index contributed by atoms with van der Waals surface area (Å²) >= 11 is 0. The molecule has 0 saturated carbocycles. The molecule has 5 nitrogen and oxygen atoms in total. The van der Waals surface area contributed by atoms with Crippen LogP contribution < -0.4 is 10.2 Å². The first-order valence-corrected chi connectivity index (χ1v) is 5.83. The Morgan fingerprint density at radius 1 is 1.47 bits per heavy atom. The molecule has 0 unspecified atom stereocenters. The largest absolute Gasteiger partial charge is 0.378 e. The lowest BCUT2D eigenvalue weighted by molar-refractivity contribution is 0.122. The fraction of sp³-hybridized carbons (Fsp3) is 0.500. The second kappa shape index (κ2) is 5.63. The number of anilines is 2. The van der Waals surface area contributed by atoms with Crippen LogP contribution in [0.5, 0.6) is 0 Å². The van der Waals surface area contributed by atoms with Crippen LogP contribution in [0.25, 0.3) is 0 Å². The summed E-state index contributed by atoms with van der Waals surface area (Å²) in [7, 11) is 0. The molecule has 0 aliphatic carbocycles. The fourth-order valence-corrected chi connectivity index (χ4v) is 1.72. The highest BCUT2D eigenvalue weighted by atomic mass is 16.5. The third kappa shape index (κ3) is 3.17. The second-order valence-corrected chi connectivity index (χ2v) is 3.96. The van der Waals surface area contributed by atoms with E-state index >= 15 is 0 Å². The molecule has 0 amide bonds. The van der Waals surface area contributed by atoms with Gasteiger partial charge in [0.05, 0.1) is 13.2 Å². The number of hydrogen-bond donors (Lipinski definition) is 1. The van der Waals surface area contributed by atoms with E-state index < -0.39 is 0 Å². The van der Waals surface area contributed by atoms with Gasteiger partial charge in [-0.1, -0.05) is 6.08 Å². The van der Waals surface area contributed by atoms with Gasteiger partial charge in [-0.25, -0.2) is 4.98 Å². The maximum Gasteiger partial charge on any atom is 0.227 e. The van der Waals surface area contributed by atoms with Crippen molar-refractivity contribution in [2.75, 3.05) is 43.1 Å². The van der Waals surface area contributed by atoms with E-state index in [0.717, 1.165) is 43.8 Å². The van der Waals surface area contributed by atoms with Gasteiger partial charge in [-0.2, -0.15) is 4.98 Å². The summed E-state index contributed by atoms with van der Waals surface area (Å²) in [5, 5.41) is 3.19. The van der Waals surface area contributed by atoms with E-state index in [0.29, 0.717) is 6.54 Å². The van der Waals surface area contributed by atoms with E-state index in [-0.39, 0.29) is 0 Å². The third-order valence-corrected chi connectivity index (χ3v) is 2.56. The minimum Gasteiger partial charge on any atom is -0.378 e. The molecule has 1 N–H and O–H groups in total. The first-order valence-electron chi connectivity index (χ1n) is 5.83. The van der Waals surface area contributed by atoms with E-state index in [1.807, 2.05) is 19.1 Å². The minimum atomic E-state index is 0.707. The molecule has 0 bridgehead atoms. The van der Waals surface area contributed by atoms with Crippen LogP contribution >= 0.6 is 0 Å². The van der Waals surface area contributed by atoms with E-state index in [1.54, 1.807) is 0 Å². The molecule has 2 heterocycles. The standard InChI is InChI=1S/C12H18N4O/c1-3-4-13-11-9-10(2)14-12(15-11)16-5-7-17-8-6-16/h3,9H,1,4-8H2,2H3,(H,13,14,15). The molecule has 0 spiro atoms. The lowest BCUT2D eigenvalue weighted by Crippen LogP contribution is -2.37. The molecule has 5 heteroatoms. The molecule has 0 aromatic carbocycles. The SMILES string of the molecule is C=CCNc1cc(C)nc(N2CCOCC2)n1. The first-order chi connectivity index (χ1) is 8.29. The maximum atomic E-state index is 5.32. The van der Waals surface area contributed by atoms with Crippen molar-refractivity contribution < 1.29 is 4.74 Å². The molecule has 1 aromatic rings. The minimum absolute atomic E-state index is 0.707. The van der Waals surface area contributed by atoms with Crippen molar-refractivity contribution >= 4 is 11.8 Å². The number of nitrogens with zero attached hydrogens (tertiary/aromatic N) is 3. The van der Waals surface area contributed by atoms with E-state index in [9.17, 15) is 0 Å². The molecule has 1 aromatic heterocycles. The molecular weight excluding hydrogens is 216 g/mol. The molecule has 0 radical (unpaired) electrons. The number of aromatic nitrogens is 2. The van der Waals surface area contributed by atoms with Crippen molar-refractivity contribution in [3.8, 4) is 0 Å². The van der Waals surface area contributed by atoms with Gasteiger partial charge in [-0.15, -0.1) is 6.58 Å². The summed E-state index contributed by atoms with van der Waals surface area (Å²) in [5.41, 5.74) is 0.966. The Labute approximate surface area is 102 Å². The Bertz CT molecular complexity index is 388. The van der Waals surface area contributed by atoms with Gasteiger partial charge in [-0.05, 0) is 6.92 Å². The zero-order valence-electron chi connectivity index (χ0n) is 10.1. The molecule has 1 saturated heterocycles. The van der Waals surface area contributed by atoms with Gasteiger partial charge in [0.25, 0.3) is 0 Å². The van der Waals surface area contributed by atoms with Crippen LogP contribution in [-0.2, 0) is 4.74 Å². The summed E-state index contributed by atoms with van der Waals surface area (Å²) in [6.07, 6.45) is 1.81. The maximum absolute atomic E-state index is 5.32. The van der Waals surface area contributed by atoms with Crippen molar-refractivity contribution in [3.05, 3.63) is 24.4 Å². The highest BCUT2D eigenvalue weighted by Gasteiger charge is 2.14. The average Bonchev–Trinajstić information content (AvgIpc) is 2.37. The van der Waals surface area contributed by atoms with Crippen LogP contribution in [0.15, 0.2) is 18.7 Å². The zero-order valence-corrected chi connectivity index (χ0v) is 10.1. The number of aryl methyl sites for hydroxylation is 1. The molecule has 1 aliphatic rings. The first kappa shape index (κ1) is 11.9. The van der Waals surface area contributed by atoms with Gasteiger partial charge in [0.1, 0.15) is 5.82 Å². The van der Waals surface area contributed by atoms with E-state index in [4.69, 9.17) is 4.74 Å². The van der Waals surface area contributed by atoms with Crippen LogP contribution in [0.1, 0.15) is 5.69 Å². The van der Waals surface area contributed by atoms with Crippen LogP contribution in [0, 0.1) is 6.92 Å². The van der Waals surface area contributed by atoms with Gasteiger partial charge in [0.2, 0.25) is 5.95 Å². The molecule has 0 atom stereocenters. The highest BCUT2D eigenvalue weighted by molar-refractivity contribution is 5.44. The molecule has 2 rings (SSSR count). The van der Waals surface area contributed by atoms with E-state index in [1.165, 1.54) is 0 Å². The number of ether oxygens (including phenoxy) is 1. The van der Waals surface area contributed by atoms with E-state index in [2.05, 4.69) is 26.8 Å². The van der Waals surface area contributed by atoms with Gasteiger partial charge in [-0.3, -0.25) is 0 Å². The van der Waals surface area contributed by atoms with Crippen LogP contribution in [0.3, 0.4) is 0 Å². The summed E-state index contributed by atoms with van der Waals surface area (Å²) in [5.74, 6) is 1.62. The third-order valence-electron chi connectivity index (χ3n) is 2.56. The van der Waals surface area contributed by atoms with Crippen molar-refractivity contribution in [2.45, 2.75) is 6.92 Å². The number of rotatable bonds is 4. The Morgan fingerprint density at radius 3 is 2.94 bits per heavy atom. The Morgan fingerprint density at radius 2 is 2.24 bits per heavy atom. The van der Waals surface area contributed by atoms with Crippen LogP contribution in [-0.4, -0.2) is 42.8 Å². The van der Waals surface area contributed by atoms with Gasteiger partial charge in [0.15, 0.2) is 0 Å². The van der Waals surface area contributed by atoms with Crippen molar-refractivity contribution in [1.29, 1.82) is 0 Å². The molecular formula is C12H18N4O. The smallest absolute Gasteiger partial charge is 0.227 e. The Balaban J connectivity index is 2.14. The second-order valence-electron chi connectivity index (χ2n) is 3.96. The summed E-state index contributed by atoms with van der Waals surface area (Å²) < 4.78 is 5.32. The highest BCUT2D eigenvalue weighted by Crippen LogP contribution is 2.14. The Kier molecular flexibility index (Phi) is 3.93. The normalized spacial score (nSPS) is 15.7. The van der Waals surface area contributed by atoms with Crippen molar-refractivity contribution in [3.63, 3.8) is 0 Å². The quantitative estimate of drug-likeness (QED) is 0.794. The average molecular weight is 234 g/mol. The summed E-state index contributed by atoms with van der Waals surface area (Å²) in [6, 6.07) is 1.94. The fourth-order valence-electron chi connectivity index (χ4n) is 1.72. The predicted molar refractivity (Wildman–Crippen MR) is 68.5 cm³/mol. The molecule has 92 valence electrons. The van der Waals surface area contributed by atoms with Crippen LogP contribution in [0.4, 0.5) is 11.8 Å². The molecule has 1 fully saturated rings. The molecule has 17 heavy (non-hydrogen) atoms. The molecule has 1 aliphatic heterocycles.